The molecule has 0 spiro atoms. The molecule has 10 heteroatoms. The van der Waals surface area contributed by atoms with E-state index in [1.807, 2.05) is 0 Å². The van der Waals surface area contributed by atoms with E-state index in [1.165, 1.54) is 22.8 Å². The Morgan fingerprint density at radius 1 is 1.33 bits per heavy atom. The Bertz CT molecular complexity index is 956. The number of benzene rings is 1. The van der Waals surface area contributed by atoms with Crippen LogP contribution >= 0.6 is 11.3 Å². The molecule has 2 aromatic rings. The van der Waals surface area contributed by atoms with Gasteiger partial charge in [0.15, 0.2) is 4.80 Å². The van der Waals surface area contributed by atoms with Crippen LogP contribution in [0.3, 0.4) is 0 Å². The summed E-state index contributed by atoms with van der Waals surface area (Å²) in [6, 6.07) is 4.27. The van der Waals surface area contributed by atoms with Crippen LogP contribution < -0.4 is 9.94 Å². The lowest BCUT2D eigenvalue weighted by molar-refractivity contribution is -0.143. The number of thiazole rings is 1. The van der Waals surface area contributed by atoms with Crippen molar-refractivity contribution in [1.82, 2.24) is 4.57 Å². The Kier molecular flexibility index (Phi) is 5.52. The third-order valence-electron chi connectivity index (χ3n) is 3.10. The molecule has 1 aromatic carbocycles. The second-order valence-electron chi connectivity index (χ2n) is 4.81. The van der Waals surface area contributed by atoms with Crippen LogP contribution in [0.5, 0.6) is 0 Å². The fourth-order valence-electron chi connectivity index (χ4n) is 1.99. The molecule has 130 valence electrons. The monoisotopic (exact) mass is 371 g/mol. The quantitative estimate of drug-likeness (QED) is 0.778. The Balaban J connectivity index is 2.66. The zero-order valence-electron chi connectivity index (χ0n) is 13.2. The van der Waals surface area contributed by atoms with Crippen LogP contribution in [0.2, 0.25) is 0 Å². The summed E-state index contributed by atoms with van der Waals surface area (Å²) < 4.78 is 30.0. The smallest absolute Gasteiger partial charge is 0.326 e. The van der Waals surface area contributed by atoms with Gasteiger partial charge in [0.1, 0.15) is 6.54 Å². The number of carbonyl (C=O) groups excluding carboxylic acids is 2. The molecule has 0 bridgehead atoms. The molecular formula is C14H17N3O5S2. The number of nitrogens with two attached hydrogens (primary N) is 1. The predicted octanol–water partition coefficient (Wildman–Crippen LogP) is 0.751. The Morgan fingerprint density at radius 2 is 2.04 bits per heavy atom. The van der Waals surface area contributed by atoms with E-state index in [9.17, 15) is 18.0 Å². The molecule has 8 nitrogen and oxygen atoms in total. The second kappa shape index (κ2) is 7.24. The number of fused-ring (bicyclic) bond motifs is 1. The summed E-state index contributed by atoms with van der Waals surface area (Å²) in [5, 5.41) is 5.13. The molecule has 0 aliphatic carbocycles. The number of primary sulfonamides is 1. The van der Waals surface area contributed by atoms with E-state index in [1.54, 1.807) is 13.8 Å². The first-order valence-electron chi connectivity index (χ1n) is 7.15. The number of esters is 1. The minimum Gasteiger partial charge on any atom is -0.465 e. The number of hydrogen-bond donors (Lipinski definition) is 1. The van der Waals surface area contributed by atoms with Gasteiger partial charge in [-0.2, -0.15) is 4.99 Å². The van der Waals surface area contributed by atoms with Gasteiger partial charge in [-0.05, 0) is 25.1 Å². The molecular weight excluding hydrogens is 354 g/mol. The number of carbonyl (C=O) groups is 2. The van der Waals surface area contributed by atoms with Gasteiger partial charge in [0, 0.05) is 6.42 Å². The first-order valence-corrected chi connectivity index (χ1v) is 9.52. The largest absolute Gasteiger partial charge is 0.465 e. The molecule has 2 N–H and O–H groups in total. The van der Waals surface area contributed by atoms with E-state index < -0.39 is 16.0 Å². The summed E-state index contributed by atoms with van der Waals surface area (Å²) in [5.41, 5.74) is 0.572. The van der Waals surface area contributed by atoms with Crippen molar-refractivity contribution in [2.24, 2.45) is 10.1 Å². The molecule has 1 amide bonds. The van der Waals surface area contributed by atoms with Crippen LogP contribution in [0.15, 0.2) is 28.1 Å². The molecule has 0 radical (unpaired) electrons. The number of rotatable bonds is 5. The van der Waals surface area contributed by atoms with Gasteiger partial charge in [-0.15, -0.1) is 0 Å². The van der Waals surface area contributed by atoms with Crippen molar-refractivity contribution in [3.8, 4) is 0 Å². The van der Waals surface area contributed by atoms with Gasteiger partial charge in [-0.3, -0.25) is 9.59 Å². The van der Waals surface area contributed by atoms with Crippen molar-refractivity contribution in [2.75, 3.05) is 6.61 Å². The van der Waals surface area contributed by atoms with Crippen molar-refractivity contribution >= 4 is 43.5 Å². The van der Waals surface area contributed by atoms with Gasteiger partial charge >= 0.3 is 5.97 Å². The molecule has 0 atom stereocenters. The van der Waals surface area contributed by atoms with Crippen LogP contribution in [-0.2, 0) is 30.9 Å². The highest BCUT2D eigenvalue weighted by Crippen LogP contribution is 2.21. The molecule has 1 aromatic heterocycles. The molecule has 2 rings (SSSR count). The second-order valence-corrected chi connectivity index (χ2v) is 7.38. The molecule has 0 saturated carbocycles. The summed E-state index contributed by atoms with van der Waals surface area (Å²) in [7, 11) is -3.85. The van der Waals surface area contributed by atoms with Crippen molar-refractivity contribution in [3.05, 3.63) is 23.0 Å². The van der Waals surface area contributed by atoms with Gasteiger partial charge in [0.05, 0.1) is 21.7 Å². The molecule has 24 heavy (non-hydrogen) atoms. The summed E-state index contributed by atoms with van der Waals surface area (Å²) >= 11 is 1.11. The highest BCUT2D eigenvalue weighted by atomic mass is 32.2. The van der Waals surface area contributed by atoms with E-state index in [2.05, 4.69) is 4.99 Å². The van der Waals surface area contributed by atoms with Crippen molar-refractivity contribution in [3.63, 3.8) is 0 Å². The summed E-state index contributed by atoms with van der Waals surface area (Å²) in [4.78, 5) is 27.7. The van der Waals surface area contributed by atoms with Gasteiger partial charge in [-0.1, -0.05) is 18.3 Å². The first-order chi connectivity index (χ1) is 11.3. The number of aromatic nitrogens is 1. The molecule has 0 fully saturated rings. The lowest BCUT2D eigenvalue weighted by Crippen LogP contribution is -2.23. The van der Waals surface area contributed by atoms with E-state index in [0.717, 1.165) is 11.3 Å². The SMILES string of the molecule is CCOC(=O)Cn1c(=NC(=O)CC)sc2cc(S(N)(=O)=O)ccc21. The summed E-state index contributed by atoms with van der Waals surface area (Å²) in [5.74, 6) is -0.816. The predicted molar refractivity (Wildman–Crippen MR) is 88.7 cm³/mol. The van der Waals surface area contributed by atoms with E-state index in [0.29, 0.717) is 15.0 Å². The molecule has 0 aliphatic rings. The third kappa shape index (κ3) is 4.08. The fraction of sp³-hybridized carbons (Fsp3) is 0.357. The minimum atomic E-state index is -3.85. The molecule has 0 aliphatic heterocycles. The maximum Gasteiger partial charge on any atom is 0.326 e. The van der Waals surface area contributed by atoms with Crippen molar-refractivity contribution in [1.29, 1.82) is 0 Å². The zero-order valence-corrected chi connectivity index (χ0v) is 14.8. The van der Waals surface area contributed by atoms with Crippen LogP contribution in [0.1, 0.15) is 20.3 Å². The van der Waals surface area contributed by atoms with Crippen molar-refractivity contribution in [2.45, 2.75) is 31.7 Å². The molecule has 0 saturated heterocycles. The zero-order chi connectivity index (χ0) is 17.9. The van der Waals surface area contributed by atoms with Crippen LogP contribution in [0.25, 0.3) is 10.2 Å². The lowest BCUT2D eigenvalue weighted by atomic mass is 10.3. The van der Waals surface area contributed by atoms with Crippen molar-refractivity contribution < 1.29 is 22.7 Å². The molecule has 1 heterocycles. The summed E-state index contributed by atoms with van der Waals surface area (Å²) in [6.07, 6.45) is 0.218. The molecule has 0 unspecified atom stereocenters. The Morgan fingerprint density at radius 3 is 2.62 bits per heavy atom. The van der Waals surface area contributed by atoms with E-state index in [4.69, 9.17) is 9.88 Å². The van der Waals surface area contributed by atoms with Gasteiger partial charge < -0.3 is 9.30 Å². The highest BCUT2D eigenvalue weighted by molar-refractivity contribution is 7.89. The van der Waals surface area contributed by atoms with Gasteiger partial charge in [0.2, 0.25) is 15.9 Å². The summed E-state index contributed by atoms with van der Waals surface area (Å²) in [6.45, 7) is 3.47. The van der Waals surface area contributed by atoms with Crippen LogP contribution in [0, 0.1) is 0 Å². The topological polar surface area (TPSA) is 121 Å². The average Bonchev–Trinajstić information content (AvgIpc) is 2.83. The first kappa shape index (κ1) is 18.3. The average molecular weight is 371 g/mol. The maximum atomic E-state index is 11.8. The number of nitrogens with zero attached hydrogens (tertiary/aromatic N) is 2. The minimum absolute atomic E-state index is 0.0482. The standard InChI is InChI=1S/C14H17N3O5S2/c1-3-12(18)16-14-17(8-13(19)22-4-2)10-6-5-9(24(15,20)21)7-11(10)23-14/h5-7H,3-4,8H2,1-2H3,(H2,15,20,21). The third-order valence-corrected chi connectivity index (χ3v) is 5.05. The van der Waals surface area contributed by atoms with Gasteiger partial charge in [0.25, 0.3) is 0 Å². The lowest BCUT2D eigenvalue weighted by Gasteiger charge is -2.05. The number of sulfonamides is 1. The Labute approximate surface area is 142 Å². The number of amides is 1. The van der Waals surface area contributed by atoms with E-state index >= 15 is 0 Å². The van der Waals surface area contributed by atoms with Gasteiger partial charge in [-0.25, -0.2) is 13.6 Å². The maximum absolute atomic E-state index is 11.8. The Hall–Kier alpha value is -2.04. The normalized spacial score (nSPS) is 12.5. The number of hydrogen-bond acceptors (Lipinski definition) is 6. The van der Waals surface area contributed by atoms with Crippen LogP contribution in [0.4, 0.5) is 0 Å². The fourth-order valence-corrected chi connectivity index (χ4v) is 3.69. The van der Waals surface area contributed by atoms with E-state index in [-0.39, 0.29) is 30.4 Å². The van der Waals surface area contributed by atoms with Crippen LogP contribution in [-0.4, -0.2) is 31.5 Å². The highest BCUT2D eigenvalue weighted by Gasteiger charge is 2.15. The number of ether oxygens (including phenoxy) is 1.